The Morgan fingerprint density at radius 1 is 1.17 bits per heavy atom. The zero-order valence-electron chi connectivity index (χ0n) is 17.7. The van der Waals surface area contributed by atoms with E-state index >= 15 is 0 Å². The van der Waals surface area contributed by atoms with E-state index in [0.717, 1.165) is 36.0 Å². The lowest BCUT2D eigenvalue weighted by Crippen LogP contribution is -2.16. The molecule has 1 aliphatic carbocycles. The van der Waals surface area contributed by atoms with E-state index in [9.17, 15) is 9.90 Å². The molecule has 1 N–H and O–H groups in total. The van der Waals surface area contributed by atoms with Crippen LogP contribution in [0.4, 0.5) is 0 Å². The van der Waals surface area contributed by atoms with Crippen molar-refractivity contribution >= 4 is 11.5 Å². The second-order valence-electron chi connectivity index (χ2n) is 8.42. The van der Waals surface area contributed by atoms with Crippen molar-refractivity contribution in [2.45, 2.75) is 58.5 Å². The molecule has 0 radical (unpaired) electrons. The van der Waals surface area contributed by atoms with Gasteiger partial charge in [-0.2, -0.15) is 0 Å². The molecule has 1 atom stereocenters. The third-order valence-electron chi connectivity index (χ3n) is 5.20. The van der Waals surface area contributed by atoms with Crippen LogP contribution in [0, 0.1) is 6.92 Å². The fourth-order valence-corrected chi connectivity index (χ4v) is 3.90. The molecule has 2 aromatic rings. The van der Waals surface area contributed by atoms with Gasteiger partial charge in [0.15, 0.2) is 0 Å². The Hall–Kier alpha value is -2.65. The number of rotatable bonds is 5. The number of carbonyl (C=O) groups is 1. The number of esters is 1. The van der Waals surface area contributed by atoms with Gasteiger partial charge in [0.2, 0.25) is 0 Å². The summed E-state index contributed by atoms with van der Waals surface area (Å²) in [6.45, 7) is 6.96. The van der Waals surface area contributed by atoms with Crippen molar-refractivity contribution in [3.05, 3.63) is 82.9 Å². The van der Waals surface area contributed by atoms with Crippen LogP contribution in [-0.4, -0.2) is 16.7 Å². The summed E-state index contributed by atoms with van der Waals surface area (Å²) in [4.78, 5) is 11.6. The summed E-state index contributed by atoms with van der Waals surface area (Å²) in [5.41, 5.74) is 4.46. The van der Waals surface area contributed by atoms with Crippen molar-refractivity contribution in [1.29, 1.82) is 0 Å². The third-order valence-corrected chi connectivity index (χ3v) is 5.20. The minimum atomic E-state index is -0.982. The number of carbonyl (C=O) groups excluding carboxylic acids is 1. The summed E-state index contributed by atoms with van der Waals surface area (Å²) in [6.07, 6.45) is 7.07. The smallest absolute Gasteiger partial charge is 0.308 e. The molecule has 0 amide bonds. The Balaban J connectivity index is 2.00. The Morgan fingerprint density at radius 2 is 1.90 bits per heavy atom. The Kier molecular flexibility index (Phi) is 6.39. The van der Waals surface area contributed by atoms with Gasteiger partial charge in [0, 0.05) is 12.5 Å². The van der Waals surface area contributed by atoms with E-state index < -0.39 is 5.60 Å². The van der Waals surface area contributed by atoms with Gasteiger partial charge in [0.1, 0.15) is 5.75 Å². The molecule has 0 saturated carbocycles. The van der Waals surface area contributed by atoms with E-state index in [2.05, 4.69) is 30.3 Å². The highest BCUT2D eigenvalue weighted by Gasteiger charge is 2.23. The lowest BCUT2D eigenvalue weighted by molar-refractivity contribution is -0.131. The van der Waals surface area contributed by atoms with Crippen LogP contribution >= 0.6 is 0 Å². The highest BCUT2D eigenvalue weighted by atomic mass is 16.5. The van der Waals surface area contributed by atoms with Crippen molar-refractivity contribution in [1.82, 2.24) is 0 Å². The minimum absolute atomic E-state index is 0.348. The second kappa shape index (κ2) is 8.79. The molecule has 0 heterocycles. The maximum Gasteiger partial charge on any atom is 0.308 e. The van der Waals surface area contributed by atoms with Crippen LogP contribution in [0.3, 0.4) is 0 Å². The zero-order valence-corrected chi connectivity index (χ0v) is 17.7. The Morgan fingerprint density at radius 3 is 2.48 bits per heavy atom. The molecule has 2 aromatic carbocycles. The van der Waals surface area contributed by atoms with Crippen molar-refractivity contribution < 1.29 is 14.6 Å². The first kappa shape index (κ1) is 21.1. The zero-order chi connectivity index (χ0) is 21.0. The number of benzene rings is 2. The van der Waals surface area contributed by atoms with Gasteiger partial charge in [0.25, 0.3) is 0 Å². The van der Waals surface area contributed by atoms with Crippen LogP contribution in [0.1, 0.15) is 62.6 Å². The summed E-state index contributed by atoms with van der Waals surface area (Å²) >= 11 is 0. The molecule has 29 heavy (non-hydrogen) atoms. The normalized spacial score (nSPS) is 17.6. The van der Waals surface area contributed by atoms with Gasteiger partial charge in [-0.25, -0.2) is 0 Å². The van der Waals surface area contributed by atoms with Gasteiger partial charge in [-0.3, -0.25) is 4.79 Å². The lowest BCUT2D eigenvalue weighted by Gasteiger charge is -2.26. The SMILES string of the molecule is CC(=O)Oc1ccc(C)cc1/C(=C\C(C)(C)O)C1=CCC(c2ccccc2)CC1. The number of allylic oxidation sites excluding steroid dienone is 3. The highest BCUT2D eigenvalue weighted by molar-refractivity contribution is 5.85. The van der Waals surface area contributed by atoms with E-state index in [1.807, 2.05) is 37.3 Å². The van der Waals surface area contributed by atoms with Crippen LogP contribution in [-0.2, 0) is 4.79 Å². The van der Waals surface area contributed by atoms with Crippen molar-refractivity contribution in [3.8, 4) is 5.75 Å². The van der Waals surface area contributed by atoms with Crippen molar-refractivity contribution in [3.63, 3.8) is 0 Å². The minimum Gasteiger partial charge on any atom is -0.426 e. The fourth-order valence-electron chi connectivity index (χ4n) is 3.90. The number of aryl methyl sites for hydroxylation is 1. The van der Waals surface area contributed by atoms with Gasteiger partial charge in [0.05, 0.1) is 5.60 Å². The molecule has 1 unspecified atom stereocenters. The highest BCUT2D eigenvalue weighted by Crippen LogP contribution is 2.41. The summed E-state index contributed by atoms with van der Waals surface area (Å²) < 4.78 is 5.49. The number of hydrogen-bond donors (Lipinski definition) is 1. The molecule has 0 aliphatic heterocycles. The van der Waals surface area contributed by atoms with Gasteiger partial charge in [-0.05, 0) is 80.9 Å². The van der Waals surface area contributed by atoms with E-state index in [1.165, 1.54) is 18.1 Å². The molecule has 0 spiro atoms. The molecule has 3 heteroatoms. The predicted molar refractivity (Wildman–Crippen MR) is 118 cm³/mol. The van der Waals surface area contributed by atoms with E-state index in [1.54, 1.807) is 13.8 Å². The molecular formula is C26H30O3. The average Bonchev–Trinajstić information content (AvgIpc) is 2.67. The first-order chi connectivity index (χ1) is 13.7. The average molecular weight is 391 g/mol. The number of hydrogen-bond acceptors (Lipinski definition) is 3. The first-order valence-electron chi connectivity index (χ1n) is 10.2. The Bertz CT molecular complexity index is 930. The van der Waals surface area contributed by atoms with Crippen molar-refractivity contribution in [2.24, 2.45) is 0 Å². The second-order valence-corrected chi connectivity index (χ2v) is 8.42. The van der Waals surface area contributed by atoms with Gasteiger partial charge in [-0.1, -0.05) is 48.0 Å². The summed E-state index contributed by atoms with van der Waals surface area (Å²) in [7, 11) is 0. The van der Waals surface area contributed by atoms with Gasteiger partial charge in [-0.15, -0.1) is 0 Å². The number of aliphatic hydroxyl groups is 1. The molecule has 0 fully saturated rings. The predicted octanol–water partition coefficient (Wildman–Crippen LogP) is 5.97. The van der Waals surface area contributed by atoms with Crippen LogP contribution in [0.25, 0.3) is 5.57 Å². The standard InChI is InChI=1S/C26H30O3/c1-18-10-15-25(29-19(2)27)23(16-18)24(17-26(3,4)28)22-13-11-21(12-14-22)20-8-6-5-7-9-20/h5-10,13,15-17,21,28H,11-12,14H2,1-4H3/b24-17-. The quantitative estimate of drug-likeness (QED) is 0.505. The molecule has 0 bridgehead atoms. The van der Waals surface area contributed by atoms with Crippen molar-refractivity contribution in [2.75, 3.05) is 0 Å². The van der Waals surface area contributed by atoms with Crippen LogP contribution in [0.2, 0.25) is 0 Å². The molecule has 1 aliphatic rings. The number of ether oxygens (including phenoxy) is 1. The molecule has 3 rings (SSSR count). The third kappa shape index (κ3) is 5.68. The maximum absolute atomic E-state index is 11.6. The van der Waals surface area contributed by atoms with Crippen LogP contribution < -0.4 is 4.74 Å². The van der Waals surface area contributed by atoms with Crippen LogP contribution in [0.15, 0.2) is 66.3 Å². The van der Waals surface area contributed by atoms with E-state index in [-0.39, 0.29) is 5.97 Å². The van der Waals surface area contributed by atoms with E-state index in [4.69, 9.17) is 4.74 Å². The first-order valence-corrected chi connectivity index (χ1v) is 10.2. The monoisotopic (exact) mass is 390 g/mol. The van der Waals surface area contributed by atoms with Gasteiger partial charge >= 0.3 is 5.97 Å². The summed E-state index contributed by atoms with van der Waals surface area (Å²) in [6, 6.07) is 16.4. The molecule has 0 aromatic heterocycles. The topological polar surface area (TPSA) is 46.5 Å². The molecule has 0 saturated heterocycles. The van der Waals surface area contributed by atoms with Gasteiger partial charge < -0.3 is 9.84 Å². The molecule has 152 valence electrons. The Labute approximate surface area is 173 Å². The molecule has 3 nitrogen and oxygen atoms in total. The molecular weight excluding hydrogens is 360 g/mol. The maximum atomic E-state index is 11.6. The summed E-state index contributed by atoms with van der Waals surface area (Å²) in [5.74, 6) is 0.693. The van der Waals surface area contributed by atoms with E-state index in [0.29, 0.717) is 11.7 Å². The van der Waals surface area contributed by atoms with Crippen LogP contribution in [0.5, 0.6) is 5.75 Å². The largest absolute Gasteiger partial charge is 0.426 e. The summed E-state index contributed by atoms with van der Waals surface area (Å²) in [5, 5.41) is 10.5. The fraction of sp³-hybridized carbons (Fsp3) is 0.346. The lowest BCUT2D eigenvalue weighted by atomic mass is 9.80.